The van der Waals surface area contributed by atoms with Crippen molar-refractivity contribution in [2.45, 2.75) is 0 Å². The van der Waals surface area contributed by atoms with E-state index in [0.717, 1.165) is 5.56 Å². The van der Waals surface area contributed by atoms with Crippen LogP contribution in [-0.2, 0) is 0 Å². The van der Waals surface area contributed by atoms with Crippen LogP contribution in [0.2, 0.25) is 0 Å². The fourth-order valence-electron chi connectivity index (χ4n) is 0.829. The number of carbonyl (C=O) groups is 1. The van der Waals surface area contributed by atoms with E-state index in [1.807, 2.05) is 0 Å². The second-order valence-electron chi connectivity index (χ2n) is 2.28. The number of halogens is 1. The molecule has 0 bridgehead atoms. The minimum atomic E-state index is -0.0831. The van der Waals surface area contributed by atoms with Gasteiger partial charge in [-0.2, -0.15) is 0 Å². The third kappa shape index (κ3) is 1.87. The number of rotatable bonds is 2. The molecule has 1 aromatic rings. The molecule has 0 aromatic heterocycles. The average Bonchev–Trinajstić information content (AvgIpc) is 2.17. The van der Waals surface area contributed by atoms with E-state index in [-0.39, 0.29) is 11.7 Å². The molecule has 0 fully saturated rings. The van der Waals surface area contributed by atoms with E-state index in [1.165, 1.54) is 0 Å². The molecule has 1 aromatic carbocycles. The SMILES string of the molecule is C#Cc1ccc(C(=O)CCl)cc1. The molecule has 60 valence electrons. The molecule has 1 nitrogen and oxygen atoms in total. The molecule has 0 unspecified atom stereocenters. The van der Waals surface area contributed by atoms with Gasteiger partial charge in [0.25, 0.3) is 0 Å². The van der Waals surface area contributed by atoms with Crippen molar-refractivity contribution in [2.24, 2.45) is 0 Å². The number of carbonyl (C=O) groups excluding carboxylic acids is 1. The number of terminal acetylenes is 1. The fraction of sp³-hybridized carbons (Fsp3) is 0.100. The summed E-state index contributed by atoms with van der Waals surface area (Å²) < 4.78 is 0. The molecule has 0 radical (unpaired) electrons. The molecule has 0 N–H and O–H groups in total. The van der Waals surface area contributed by atoms with E-state index < -0.39 is 0 Å². The van der Waals surface area contributed by atoms with Gasteiger partial charge < -0.3 is 0 Å². The van der Waals surface area contributed by atoms with Gasteiger partial charge in [0.1, 0.15) is 0 Å². The highest BCUT2D eigenvalue weighted by molar-refractivity contribution is 6.30. The Morgan fingerprint density at radius 3 is 2.42 bits per heavy atom. The molecule has 0 aliphatic rings. The Labute approximate surface area is 76.4 Å². The third-order valence-corrected chi connectivity index (χ3v) is 1.74. The van der Waals surface area contributed by atoms with Crippen LogP contribution in [0.5, 0.6) is 0 Å². The quantitative estimate of drug-likeness (QED) is 0.385. The van der Waals surface area contributed by atoms with E-state index in [1.54, 1.807) is 24.3 Å². The first-order valence-corrected chi connectivity index (χ1v) is 3.97. The predicted molar refractivity (Wildman–Crippen MR) is 49.4 cm³/mol. The summed E-state index contributed by atoms with van der Waals surface area (Å²) in [7, 11) is 0. The van der Waals surface area contributed by atoms with Crippen LogP contribution >= 0.6 is 11.6 Å². The topological polar surface area (TPSA) is 17.1 Å². The molecule has 2 heteroatoms. The third-order valence-electron chi connectivity index (χ3n) is 1.49. The first kappa shape index (κ1) is 8.83. The van der Waals surface area contributed by atoms with Gasteiger partial charge in [-0.15, -0.1) is 18.0 Å². The Morgan fingerprint density at radius 2 is 2.00 bits per heavy atom. The lowest BCUT2D eigenvalue weighted by atomic mass is 10.1. The smallest absolute Gasteiger partial charge is 0.177 e. The highest BCUT2D eigenvalue weighted by Gasteiger charge is 2.01. The molecule has 0 heterocycles. The van der Waals surface area contributed by atoms with Crippen molar-refractivity contribution in [2.75, 3.05) is 5.88 Å². The van der Waals surface area contributed by atoms with Crippen LogP contribution in [0.4, 0.5) is 0 Å². The van der Waals surface area contributed by atoms with Crippen molar-refractivity contribution < 1.29 is 4.79 Å². The number of hydrogen-bond donors (Lipinski definition) is 0. The van der Waals surface area contributed by atoms with Crippen molar-refractivity contribution in [3.63, 3.8) is 0 Å². The minimum absolute atomic E-state index is 0.00933. The standard InChI is InChI=1S/C10H7ClO/c1-2-8-3-5-9(6-4-8)10(12)7-11/h1,3-6H,7H2. The molecular weight excluding hydrogens is 172 g/mol. The van der Waals surface area contributed by atoms with Gasteiger partial charge in [0.05, 0.1) is 5.88 Å². The van der Waals surface area contributed by atoms with Crippen LogP contribution in [0.3, 0.4) is 0 Å². The summed E-state index contributed by atoms with van der Waals surface area (Å²) in [5.74, 6) is 2.39. The van der Waals surface area contributed by atoms with Gasteiger partial charge >= 0.3 is 0 Å². The maximum Gasteiger partial charge on any atom is 0.177 e. The molecule has 1 rings (SSSR count). The highest BCUT2D eigenvalue weighted by Crippen LogP contribution is 2.04. The van der Waals surface area contributed by atoms with E-state index in [0.29, 0.717) is 5.56 Å². The fourth-order valence-corrected chi connectivity index (χ4v) is 0.984. The van der Waals surface area contributed by atoms with Gasteiger partial charge in [0, 0.05) is 11.1 Å². The van der Waals surface area contributed by atoms with Crippen molar-refractivity contribution in [1.29, 1.82) is 0 Å². The Hall–Kier alpha value is -1.26. The zero-order valence-corrected chi connectivity index (χ0v) is 7.14. The summed E-state index contributed by atoms with van der Waals surface area (Å²) in [5, 5.41) is 0. The maximum atomic E-state index is 11.0. The molecule has 0 saturated heterocycles. The monoisotopic (exact) mass is 178 g/mol. The zero-order valence-electron chi connectivity index (χ0n) is 6.38. The lowest BCUT2D eigenvalue weighted by Gasteiger charge is -1.95. The summed E-state index contributed by atoms with van der Waals surface area (Å²) in [6.45, 7) is 0. The van der Waals surface area contributed by atoms with Gasteiger partial charge in [-0.1, -0.05) is 18.1 Å². The van der Waals surface area contributed by atoms with Crippen LogP contribution < -0.4 is 0 Å². The van der Waals surface area contributed by atoms with Gasteiger partial charge in [-0.3, -0.25) is 4.79 Å². The van der Waals surface area contributed by atoms with E-state index in [9.17, 15) is 4.79 Å². The molecule has 0 amide bonds. The number of ketones is 1. The van der Waals surface area contributed by atoms with Gasteiger partial charge in [0.15, 0.2) is 5.78 Å². The van der Waals surface area contributed by atoms with Crippen molar-refractivity contribution in [3.8, 4) is 12.3 Å². The van der Waals surface area contributed by atoms with E-state index in [4.69, 9.17) is 18.0 Å². The minimum Gasteiger partial charge on any atom is -0.293 e. The first-order chi connectivity index (χ1) is 5.77. The Balaban J connectivity index is 2.94. The lowest BCUT2D eigenvalue weighted by molar-refractivity contribution is 0.102. The van der Waals surface area contributed by atoms with Crippen molar-refractivity contribution in [3.05, 3.63) is 35.4 Å². The number of Topliss-reactive ketones (excluding diaryl/α,β-unsaturated/α-hetero) is 1. The lowest BCUT2D eigenvalue weighted by Crippen LogP contribution is -1.99. The second kappa shape index (κ2) is 3.94. The molecule has 0 spiro atoms. The predicted octanol–water partition coefficient (Wildman–Crippen LogP) is 2.09. The van der Waals surface area contributed by atoms with Crippen LogP contribution in [0.1, 0.15) is 15.9 Å². The Kier molecular flexibility index (Phi) is 2.90. The summed E-state index contributed by atoms with van der Waals surface area (Å²) in [4.78, 5) is 11.0. The van der Waals surface area contributed by atoms with Crippen LogP contribution in [0.15, 0.2) is 24.3 Å². The Morgan fingerprint density at radius 1 is 1.42 bits per heavy atom. The maximum absolute atomic E-state index is 11.0. The van der Waals surface area contributed by atoms with Crippen LogP contribution in [0, 0.1) is 12.3 Å². The van der Waals surface area contributed by atoms with Gasteiger partial charge in [-0.05, 0) is 12.1 Å². The molecule has 0 aliphatic heterocycles. The number of hydrogen-bond acceptors (Lipinski definition) is 1. The van der Waals surface area contributed by atoms with E-state index in [2.05, 4.69) is 5.92 Å². The molecular formula is C10H7ClO. The normalized spacial score (nSPS) is 9.00. The summed E-state index contributed by atoms with van der Waals surface area (Å²) in [6.07, 6.45) is 5.15. The highest BCUT2D eigenvalue weighted by atomic mass is 35.5. The van der Waals surface area contributed by atoms with E-state index >= 15 is 0 Å². The van der Waals surface area contributed by atoms with Crippen molar-refractivity contribution >= 4 is 17.4 Å². The molecule has 0 saturated carbocycles. The summed E-state index contributed by atoms with van der Waals surface area (Å²) >= 11 is 5.37. The molecule has 0 aliphatic carbocycles. The number of alkyl halides is 1. The van der Waals surface area contributed by atoms with Crippen molar-refractivity contribution in [1.82, 2.24) is 0 Å². The number of benzene rings is 1. The van der Waals surface area contributed by atoms with Gasteiger partial charge in [0.2, 0.25) is 0 Å². The Bertz CT molecular complexity index is 319. The van der Waals surface area contributed by atoms with Gasteiger partial charge in [-0.25, -0.2) is 0 Å². The average molecular weight is 179 g/mol. The first-order valence-electron chi connectivity index (χ1n) is 3.43. The van der Waals surface area contributed by atoms with Crippen LogP contribution in [-0.4, -0.2) is 11.7 Å². The zero-order chi connectivity index (χ0) is 8.97. The second-order valence-corrected chi connectivity index (χ2v) is 2.55. The van der Waals surface area contributed by atoms with Crippen LogP contribution in [0.25, 0.3) is 0 Å². The summed E-state index contributed by atoms with van der Waals surface area (Å²) in [5.41, 5.74) is 1.37. The molecule has 0 atom stereocenters. The largest absolute Gasteiger partial charge is 0.293 e. The molecule has 12 heavy (non-hydrogen) atoms. The summed E-state index contributed by atoms with van der Waals surface area (Å²) in [6, 6.07) is 6.80.